The highest BCUT2D eigenvalue weighted by molar-refractivity contribution is 5.79. The molecule has 0 aliphatic carbocycles. The normalized spacial score (nSPS) is 16.7. The summed E-state index contributed by atoms with van der Waals surface area (Å²) < 4.78 is 11.7. The monoisotopic (exact) mass is 396 g/mol. The lowest BCUT2D eigenvalue weighted by Crippen LogP contribution is -2.28. The quantitative estimate of drug-likeness (QED) is 0.688. The molecule has 29 heavy (non-hydrogen) atoms. The van der Waals surface area contributed by atoms with Crippen LogP contribution in [0.25, 0.3) is 16.9 Å². The molecule has 152 valence electrons. The van der Waals surface area contributed by atoms with Gasteiger partial charge in [-0.1, -0.05) is 0 Å². The Labute approximate surface area is 168 Å². The van der Waals surface area contributed by atoms with Crippen LogP contribution < -0.4 is 10.3 Å². The van der Waals surface area contributed by atoms with Crippen molar-refractivity contribution in [2.45, 2.75) is 19.3 Å². The van der Waals surface area contributed by atoms with Crippen LogP contribution in [0.15, 0.2) is 35.1 Å². The highest BCUT2D eigenvalue weighted by Gasteiger charge is 2.32. The van der Waals surface area contributed by atoms with Gasteiger partial charge >= 0.3 is 0 Å². The minimum Gasteiger partial charge on any atom is -0.497 e. The standard InChI is InChI=1S/C21H24N4O4/c1-13-20(14-4-6-16(29-3)7-5-14)23-25-19(27)11-17(22-21(13)25)15-10-18(26)24(12-15)8-9-28-2/h4-7,11,15,23H,8-10,12H2,1-3H3. The Morgan fingerprint density at radius 3 is 2.66 bits per heavy atom. The number of likely N-dealkylation sites (tertiary alicyclic amines) is 1. The largest absolute Gasteiger partial charge is 0.497 e. The number of hydrogen-bond donors (Lipinski definition) is 1. The second kappa shape index (κ2) is 7.71. The van der Waals surface area contributed by atoms with Crippen LogP contribution in [0, 0.1) is 6.92 Å². The minimum absolute atomic E-state index is 0.0683. The van der Waals surface area contributed by atoms with Gasteiger partial charge in [0.15, 0.2) is 5.65 Å². The summed E-state index contributed by atoms with van der Waals surface area (Å²) in [5.74, 6) is 0.749. The van der Waals surface area contributed by atoms with Gasteiger partial charge in [-0.25, -0.2) is 9.50 Å². The number of amides is 1. The Hall–Kier alpha value is -3.13. The number of benzene rings is 1. The van der Waals surface area contributed by atoms with Crippen LogP contribution in [-0.4, -0.2) is 59.3 Å². The molecule has 8 heteroatoms. The number of hydrogen-bond acceptors (Lipinski definition) is 5. The fraction of sp³-hybridized carbons (Fsp3) is 0.381. The van der Waals surface area contributed by atoms with Gasteiger partial charge in [-0.2, -0.15) is 0 Å². The number of nitrogens with one attached hydrogen (secondary N) is 1. The second-order valence-corrected chi connectivity index (χ2v) is 7.25. The van der Waals surface area contributed by atoms with Crippen LogP contribution in [0.1, 0.15) is 23.6 Å². The predicted molar refractivity (Wildman–Crippen MR) is 108 cm³/mol. The Bertz CT molecular complexity index is 1100. The number of carbonyl (C=O) groups is 1. The molecule has 1 amide bonds. The summed E-state index contributed by atoms with van der Waals surface area (Å²) in [5.41, 5.74) is 3.72. The van der Waals surface area contributed by atoms with Gasteiger partial charge in [0.1, 0.15) is 5.75 Å². The Morgan fingerprint density at radius 1 is 1.21 bits per heavy atom. The smallest absolute Gasteiger partial charge is 0.272 e. The molecule has 0 saturated carbocycles. The lowest BCUT2D eigenvalue weighted by molar-refractivity contribution is -0.128. The SMILES string of the molecule is COCCN1CC(c2cc(=O)n3[nH]c(-c4ccc(OC)cc4)c(C)c3n2)CC1=O. The van der Waals surface area contributed by atoms with Gasteiger partial charge in [-0.05, 0) is 31.2 Å². The van der Waals surface area contributed by atoms with Gasteiger partial charge in [0.25, 0.3) is 5.56 Å². The van der Waals surface area contributed by atoms with Gasteiger partial charge < -0.3 is 14.4 Å². The maximum atomic E-state index is 12.7. The van der Waals surface area contributed by atoms with E-state index in [4.69, 9.17) is 14.5 Å². The van der Waals surface area contributed by atoms with E-state index >= 15 is 0 Å². The molecule has 1 aliphatic heterocycles. The fourth-order valence-corrected chi connectivity index (χ4v) is 3.80. The molecule has 0 bridgehead atoms. The fourth-order valence-electron chi connectivity index (χ4n) is 3.80. The summed E-state index contributed by atoms with van der Waals surface area (Å²) >= 11 is 0. The van der Waals surface area contributed by atoms with Gasteiger partial charge in [-0.3, -0.25) is 14.7 Å². The highest BCUT2D eigenvalue weighted by Crippen LogP contribution is 2.29. The third-order valence-electron chi connectivity index (χ3n) is 5.45. The van der Waals surface area contributed by atoms with E-state index in [0.29, 0.717) is 37.5 Å². The molecule has 0 spiro atoms. The molecule has 2 aromatic heterocycles. The average Bonchev–Trinajstić information content (AvgIpc) is 3.27. The zero-order valence-corrected chi connectivity index (χ0v) is 16.8. The van der Waals surface area contributed by atoms with Crippen LogP contribution >= 0.6 is 0 Å². The van der Waals surface area contributed by atoms with Crippen molar-refractivity contribution >= 4 is 11.6 Å². The van der Waals surface area contributed by atoms with Crippen molar-refractivity contribution < 1.29 is 14.3 Å². The minimum atomic E-state index is -0.185. The zero-order valence-electron chi connectivity index (χ0n) is 16.8. The van der Waals surface area contributed by atoms with Crippen LogP contribution in [0.5, 0.6) is 5.75 Å². The number of aromatic amines is 1. The molecule has 1 fully saturated rings. The maximum Gasteiger partial charge on any atom is 0.272 e. The van der Waals surface area contributed by atoms with Crippen molar-refractivity contribution in [3.05, 3.63) is 51.9 Å². The number of rotatable bonds is 6. The van der Waals surface area contributed by atoms with Crippen molar-refractivity contribution in [3.8, 4) is 17.0 Å². The van der Waals surface area contributed by atoms with Crippen molar-refractivity contribution in [1.82, 2.24) is 19.5 Å². The van der Waals surface area contributed by atoms with Crippen LogP contribution in [0.3, 0.4) is 0 Å². The number of carbonyl (C=O) groups excluding carboxylic acids is 1. The van der Waals surface area contributed by atoms with E-state index in [1.54, 1.807) is 19.1 Å². The molecule has 1 saturated heterocycles. The molecule has 1 N–H and O–H groups in total. The van der Waals surface area contributed by atoms with E-state index in [9.17, 15) is 9.59 Å². The molecule has 3 aromatic rings. The number of H-pyrrole nitrogens is 1. The zero-order chi connectivity index (χ0) is 20.5. The summed E-state index contributed by atoms with van der Waals surface area (Å²) in [6.45, 7) is 3.54. The van der Waals surface area contributed by atoms with E-state index < -0.39 is 0 Å². The predicted octanol–water partition coefficient (Wildman–Crippen LogP) is 1.97. The van der Waals surface area contributed by atoms with Crippen LogP contribution in [0.2, 0.25) is 0 Å². The molecule has 4 rings (SSSR count). The van der Waals surface area contributed by atoms with Crippen molar-refractivity contribution in [3.63, 3.8) is 0 Å². The van der Waals surface area contributed by atoms with Gasteiger partial charge in [-0.15, -0.1) is 0 Å². The summed E-state index contributed by atoms with van der Waals surface area (Å²) in [5, 5.41) is 3.16. The van der Waals surface area contributed by atoms with E-state index in [2.05, 4.69) is 5.10 Å². The van der Waals surface area contributed by atoms with Crippen LogP contribution in [0.4, 0.5) is 0 Å². The van der Waals surface area contributed by atoms with E-state index in [0.717, 1.165) is 22.6 Å². The Kier molecular flexibility index (Phi) is 5.10. The summed E-state index contributed by atoms with van der Waals surface area (Å²) in [6, 6.07) is 9.15. The number of aromatic nitrogens is 3. The summed E-state index contributed by atoms with van der Waals surface area (Å²) in [4.78, 5) is 31.5. The number of methoxy groups -OCH3 is 2. The molecule has 1 aromatic carbocycles. The van der Waals surface area contributed by atoms with E-state index in [-0.39, 0.29) is 17.4 Å². The first-order valence-electron chi connectivity index (χ1n) is 9.55. The van der Waals surface area contributed by atoms with Gasteiger partial charge in [0, 0.05) is 49.7 Å². The average molecular weight is 396 g/mol. The van der Waals surface area contributed by atoms with Crippen molar-refractivity contribution in [2.24, 2.45) is 0 Å². The number of fused-ring (bicyclic) bond motifs is 1. The number of nitrogens with zero attached hydrogens (tertiary/aromatic N) is 3. The lowest BCUT2D eigenvalue weighted by atomic mass is 10.0. The van der Waals surface area contributed by atoms with Gasteiger partial charge in [0.05, 0.1) is 25.1 Å². The van der Waals surface area contributed by atoms with Crippen LogP contribution in [-0.2, 0) is 9.53 Å². The molecule has 0 radical (unpaired) electrons. The Morgan fingerprint density at radius 2 is 1.97 bits per heavy atom. The lowest BCUT2D eigenvalue weighted by Gasteiger charge is -2.15. The third-order valence-corrected chi connectivity index (χ3v) is 5.45. The first kappa shape index (κ1) is 19.2. The topological polar surface area (TPSA) is 88.9 Å². The number of aryl methyl sites for hydroxylation is 1. The molecule has 1 atom stereocenters. The second-order valence-electron chi connectivity index (χ2n) is 7.25. The van der Waals surface area contributed by atoms with Crippen molar-refractivity contribution in [2.75, 3.05) is 33.9 Å². The maximum absolute atomic E-state index is 12.7. The number of ether oxygens (including phenoxy) is 2. The highest BCUT2D eigenvalue weighted by atomic mass is 16.5. The molecular formula is C21H24N4O4. The van der Waals surface area contributed by atoms with Crippen molar-refractivity contribution in [1.29, 1.82) is 0 Å². The summed E-state index contributed by atoms with van der Waals surface area (Å²) in [6.07, 6.45) is 0.362. The molecule has 8 nitrogen and oxygen atoms in total. The summed E-state index contributed by atoms with van der Waals surface area (Å²) in [7, 11) is 3.24. The van der Waals surface area contributed by atoms with E-state index in [1.807, 2.05) is 31.2 Å². The Balaban J connectivity index is 1.69. The molecule has 1 unspecified atom stereocenters. The first-order chi connectivity index (χ1) is 14.0. The first-order valence-corrected chi connectivity index (χ1v) is 9.55. The third kappa shape index (κ3) is 3.51. The molecular weight excluding hydrogens is 372 g/mol. The molecule has 3 heterocycles. The van der Waals surface area contributed by atoms with Gasteiger partial charge in [0.2, 0.25) is 5.91 Å². The van der Waals surface area contributed by atoms with E-state index in [1.165, 1.54) is 10.6 Å². The molecule has 1 aliphatic rings.